The minimum Gasteiger partial charge on any atom is -0.345 e. The number of carbonyl (C=O) groups is 1. The Bertz CT molecular complexity index is 910. The molecule has 2 aromatic rings. The van der Waals surface area contributed by atoms with Gasteiger partial charge in [0.25, 0.3) is 5.91 Å². The van der Waals surface area contributed by atoms with Crippen LogP contribution < -0.4 is 5.32 Å². The van der Waals surface area contributed by atoms with Crippen LogP contribution in [0.4, 0.5) is 0 Å². The molecule has 1 fully saturated rings. The first-order chi connectivity index (χ1) is 12.9. The van der Waals surface area contributed by atoms with Crippen LogP contribution in [0.3, 0.4) is 0 Å². The molecule has 1 heterocycles. The van der Waals surface area contributed by atoms with Crippen LogP contribution >= 0.6 is 11.6 Å². The van der Waals surface area contributed by atoms with Gasteiger partial charge in [-0.05, 0) is 43.5 Å². The Hall–Kier alpha value is -1.89. The lowest BCUT2D eigenvalue weighted by Crippen LogP contribution is -2.35. The Balaban J connectivity index is 1.83. The van der Waals surface area contributed by atoms with Crippen molar-refractivity contribution in [2.45, 2.75) is 37.1 Å². The minimum absolute atomic E-state index is 0.103. The van der Waals surface area contributed by atoms with E-state index in [2.05, 4.69) is 5.32 Å². The average Bonchev–Trinajstić information content (AvgIpc) is 2.69. The molecule has 0 aliphatic carbocycles. The van der Waals surface area contributed by atoms with Gasteiger partial charge in [-0.3, -0.25) is 4.79 Å². The largest absolute Gasteiger partial charge is 0.345 e. The monoisotopic (exact) mass is 406 g/mol. The van der Waals surface area contributed by atoms with Gasteiger partial charge in [-0.2, -0.15) is 4.31 Å². The van der Waals surface area contributed by atoms with Gasteiger partial charge in [0.1, 0.15) is 0 Å². The van der Waals surface area contributed by atoms with Crippen molar-refractivity contribution >= 4 is 27.5 Å². The molecule has 3 rings (SSSR count). The molecule has 2 aromatic carbocycles. The number of sulfonamides is 1. The van der Waals surface area contributed by atoms with E-state index in [0.29, 0.717) is 13.1 Å². The first-order valence-electron chi connectivity index (χ1n) is 9.05. The molecule has 1 saturated heterocycles. The molecular weight excluding hydrogens is 384 g/mol. The number of halogens is 1. The summed E-state index contributed by atoms with van der Waals surface area (Å²) < 4.78 is 27.2. The van der Waals surface area contributed by atoms with Gasteiger partial charge in [0.05, 0.1) is 21.5 Å². The molecule has 0 spiro atoms. The molecule has 1 unspecified atom stereocenters. The number of nitrogens with one attached hydrogen (secondary N) is 1. The normalized spacial score (nSPS) is 16.7. The maximum atomic E-state index is 12.9. The van der Waals surface area contributed by atoms with Gasteiger partial charge in [0, 0.05) is 13.1 Å². The van der Waals surface area contributed by atoms with E-state index in [9.17, 15) is 13.2 Å². The second-order valence-corrected chi connectivity index (χ2v) is 9.06. The van der Waals surface area contributed by atoms with E-state index in [1.807, 2.05) is 37.3 Å². The van der Waals surface area contributed by atoms with Crippen LogP contribution in [0, 0.1) is 0 Å². The minimum atomic E-state index is -3.62. The van der Waals surface area contributed by atoms with Crippen LogP contribution in [0.1, 0.15) is 48.1 Å². The van der Waals surface area contributed by atoms with Crippen LogP contribution in [-0.2, 0) is 10.0 Å². The summed E-state index contributed by atoms with van der Waals surface area (Å²) in [5.74, 6) is -0.396. The first-order valence-corrected chi connectivity index (χ1v) is 10.9. The number of amides is 1. The molecule has 1 aliphatic rings. The summed E-state index contributed by atoms with van der Waals surface area (Å²) in [7, 11) is -3.62. The summed E-state index contributed by atoms with van der Waals surface area (Å²) in [6.07, 6.45) is 2.75. The number of hydrogen-bond donors (Lipinski definition) is 1. The number of benzene rings is 2. The van der Waals surface area contributed by atoms with Crippen molar-refractivity contribution in [2.24, 2.45) is 0 Å². The molecule has 1 N–H and O–H groups in total. The lowest BCUT2D eigenvalue weighted by Gasteiger charge is -2.26. The molecule has 144 valence electrons. The van der Waals surface area contributed by atoms with E-state index >= 15 is 0 Å². The molecule has 7 heteroatoms. The molecule has 0 bridgehead atoms. The molecule has 0 radical (unpaired) electrons. The van der Waals surface area contributed by atoms with Crippen LogP contribution in [-0.4, -0.2) is 31.7 Å². The second-order valence-electron chi connectivity index (χ2n) is 6.71. The van der Waals surface area contributed by atoms with E-state index in [1.165, 1.54) is 22.5 Å². The fraction of sp³-hybridized carbons (Fsp3) is 0.350. The number of carbonyl (C=O) groups excluding carboxylic acids is 1. The Morgan fingerprint density at radius 3 is 2.41 bits per heavy atom. The van der Waals surface area contributed by atoms with Crippen molar-refractivity contribution in [3.63, 3.8) is 0 Å². The maximum Gasteiger partial charge on any atom is 0.253 e. The zero-order valence-corrected chi connectivity index (χ0v) is 16.8. The van der Waals surface area contributed by atoms with Gasteiger partial charge >= 0.3 is 0 Å². The van der Waals surface area contributed by atoms with Gasteiger partial charge in [-0.1, -0.05) is 48.4 Å². The predicted octanol–water partition coefficient (Wildman–Crippen LogP) is 4.01. The topological polar surface area (TPSA) is 66.5 Å². The van der Waals surface area contributed by atoms with Gasteiger partial charge in [0.2, 0.25) is 10.0 Å². The number of rotatable bonds is 5. The SMILES string of the molecule is CC(NC(=O)c1cc(S(=O)(=O)N2CCCCC2)ccc1Cl)c1ccccc1. The molecule has 0 aromatic heterocycles. The lowest BCUT2D eigenvalue weighted by atomic mass is 10.1. The summed E-state index contributed by atoms with van der Waals surface area (Å²) >= 11 is 6.19. The molecular formula is C20H23ClN2O3S. The highest BCUT2D eigenvalue weighted by Crippen LogP contribution is 2.25. The standard InChI is InChI=1S/C20H23ClN2O3S/c1-15(16-8-4-2-5-9-16)22-20(24)18-14-17(10-11-19(18)21)27(25,26)23-12-6-3-7-13-23/h2,4-5,8-11,14-15H,3,6-7,12-13H2,1H3,(H,22,24). The average molecular weight is 407 g/mol. The third kappa shape index (κ3) is 4.51. The van der Waals surface area contributed by atoms with Crippen LogP contribution in [0.2, 0.25) is 5.02 Å². The van der Waals surface area contributed by atoms with Crippen LogP contribution in [0.5, 0.6) is 0 Å². The van der Waals surface area contributed by atoms with Gasteiger partial charge in [0.15, 0.2) is 0 Å². The highest BCUT2D eigenvalue weighted by molar-refractivity contribution is 7.89. The summed E-state index contributed by atoms with van der Waals surface area (Å²) in [5, 5.41) is 3.11. The fourth-order valence-electron chi connectivity index (χ4n) is 3.19. The van der Waals surface area contributed by atoms with Crippen molar-refractivity contribution in [2.75, 3.05) is 13.1 Å². The van der Waals surface area contributed by atoms with Crippen LogP contribution in [0.15, 0.2) is 53.4 Å². The van der Waals surface area contributed by atoms with E-state index in [0.717, 1.165) is 24.8 Å². The summed E-state index contributed by atoms with van der Waals surface area (Å²) in [4.78, 5) is 12.8. The fourth-order valence-corrected chi connectivity index (χ4v) is 4.94. The van der Waals surface area contributed by atoms with Gasteiger partial charge in [-0.25, -0.2) is 8.42 Å². The second kappa shape index (κ2) is 8.42. The molecule has 1 atom stereocenters. The maximum absolute atomic E-state index is 12.9. The van der Waals surface area contributed by atoms with E-state index in [-0.39, 0.29) is 21.5 Å². The van der Waals surface area contributed by atoms with E-state index < -0.39 is 15.9 Å². The summed E-state index contributed by atoms with van der Waals surface area (Å²) in [6, 6.07) is 13.6. The zero-order valence-electron chi connectivity index (χ0n) is 15.2. The van der Waals surface area contributed by atoms with Gasteiger partial charge in [-0.15, -0.1) is 0 Å². The Morgan fingerprint density at radius 1 is 1.07 bits per heavy atom. The van der Waals surface area contributed by atoms with Crippen molar-refractivity contribution < 1.29 is 13.2 Å². The number of hydrogen-bond acceptors (Lipinski definition) is 3. The summed E-state index contributed by atoms with van der Waals surface area (Å²) in [5.41, 5.74) is 1.12. The summed E-state index contributed by atoms with van der Waals surface area (Å²) in [6.45, 7) is 2.89. The van der Waals surface area contributed by atoms with E-state index in [1.54, 1.807) is 0 Å². The van der Waals surface area contributed by atoms with E-state index in [4.69, 9.17) is 11.6 Å². The first kappa shape index (κ1) is 19.9. The predicted molar refractivity (Wildman–Crippen MR) is 106 cm³/mol. The highest BCUT2D eigenvalue weighted by atomic mass is 35.5. The molecule has 5 nitrogen and oxygen atoms in total. The van der Waals surface area contributed by atoms with Crippen molar-refractivity contribution in [3.8, 4) is 0 Å². The lowest BCUT2D eigenvalue weighted by molar-refractivity contribution is 0.0940. The molecule has 27 heavy (non-hydrogen) atoms. The highest BCUT2D eigenvalue weighted by Gasteiger charge is 2.27. The molecule has 0 saturated carbocycles. The van der Waals surface area contributed by atoms with Crippen molar-refractivity contribution in [1.82, 2.24) is 9.62 Å². The van der Waals surface area contributed by atoms with Crippen molar-refractivity contribution in [3.05, 3.63) is 64.7 Å². The molecule has 1 aliphatic heterocycles. The Morgan fingerprint density at radius 2 is 1.74 bits per heavy atom. The Kier molecular flexibility index (Phi) is 6.19. The third-order valence-corrected chi connectivity index (χ3v) is 7.01. The molecule has 1 amide bonds. The quantitative estimate of drug-likeness (QED) is 0.815. The third-order valence-electron chi connectivity index (χ3n) is 4.78. The van der Waals surface area contributed by atoms with Crippen molar-refractivity contribution in [1.29, 1.82) is 0 Å². The number of piperidine rings is 1. The van der Waals surface area contributed by atoms with Crippen LogP contribution in [0.25, 0.3) is 0 Å². The Labute approximate surface area is 165 Å². The van der Waals surface area contributed by atoms with Gasteiger partial charge < -0.3 is 5.32 Å². The zero-order chi connectivity index (χ0) is 19.4. The number of nitrogens with zero attached hydrogens (tertiary/aromatic N) is 1. The smallest absolute Gasteiger partial charge is 0.253 e.